The van der Waals surface area contributed by atoms with E-state index in [1.54, 1.807) is 23.2 Å². The molecule has 1 fully saturated rings. The van der Waals surface area contributed by atoms with Crippen LogP contribution in [-0.4, -0.2) is 58.1 Å². The van der Waals surface area contributed by atoms with Crippen molar-refractivity contribution in [3.8, 4) is 22.8 Å². The monoisotopic (exact) mass is 535 g/mol. The van der Waals surface area contributed by atoms with Gasteiger partial charge >= 0.3 is 6.09 Å². The standard InChI is InChI=1S/C24H19ClFN9O3/c25-15-3-5-17(34-11-30-32-33-34)21(22(15)26)13-7-14-2-4-18(35(14)20(36)8-13)23-29-10-16(31-23)12-1-6-19(28-9-12)38-24(27)37/h1,3,5-6,8-11,14,18H,2,4,7H2,(H2,27,37)(H,29,31)/t14?,18-/m0/s1. The quantitative estimate of drug-likeness (QED) is 0.394. The number of tetrazole rings is 1. The Bertz CT molecular complexity index is 1570. The average molecular weight is 536 g/mol. The van der Waals surface area contributed by atoms with Crippen molar-refractivity contribution in [2.24, 2.45) is 5.73 Å². The first-order chi connectivity index (χ1) is 18.4. The molecule has 12 nitrogen and oxygen atoms in total. The number of amides is 2. The van der Waals surface area contributed by atoms with E-state index in [4.69, 9.17) is 22.1 Å². The van der Waals surface area contributed by atoms with Gasteiger partial charge < -0.3 is 20.4 Å². The van der Waals surface area contributed by atoms with Crippen molar-refractivity contribution in [3.63, 3.8) is 0 Å². The molecular formula is C24H19ClFN9O3. The van der Waals surface area contributed by atoms with Gasteiger partial charge in [0.1, 0.15) is 12.2 Å². The lowest BCUT2D eigenvalue weighted by Crippen LogP contribution is -2.39. The van der Waals surface area contributed by atoms with Crippen LogP contribution in [0.25, 0.3) is 22.5 Å². The molecule has 4 aromatic rings. The third-order valence-corrected chi connectivity index (χ3v) is 6.96. The number of imidazole rings is 1. The molecule has 1 saturated heterocycles. The van der Waals surface area contributed by atoms with Gasteiger partial charge in [0, 0.05) is 35.5 Å². The number of rotatable bonds is 5. The van der Waals surface area contributed by atoms with E-state index < -0.39 is 11.9 Å². The summed E-state index contributed by atoms with van der Waals surface area (Å²) in [5.41, 5.74) is 7.55. The molecule has 2 atom stereocenters. The lowest BCUT2D eigenvalue weighted by atomic mass is 9.92. The molecule has 14 heteroatoms. The zero-order valence-corrected chi connectivity index (χ0v) is 20.3. The Labute approximate surface area is 219 Å². The second kappa shape index (κ2) is 9.34. The highest BCUT2D eigenvalue weighted by atomic mass is 35.5. The number of nitrogens with two attached hydrogens (primary N) is 1. The van der Waals surface area contributed by atoms with Crippen LogP contribution in [0.3, 0.4) is 0 Å². The molecule has 192 valence electrons. The van der Waals surface area contributed by atoms with Gasteiger partial charge in [-0.3, -0.25) is 4.79 Å². The third-order valence-electron chi connectivity index (χ3n) is 6.66. The molecule has 0 saturated carbocycles. The molecule has 0 spiro atoms. The number of carbonyl (C=O) groups is 2. The Hall–Kier alpha value is -4.65. The summed E-state index contributed by atoms with van der Waals surface area (Å²) < 4.78 is 21.4. The summed E-state index contributed by atoms with van der Waals surface area (Å²) in [7, 11) is 0. The van der Waals surface area contributed by atoms with Crippen molar-refractivity contribution in [3.05, 3.63) is 71.3 Å². The molecule has 0 aliphatic carbocycles. The highest BCUT2D eigenvalue weighted by Crippen LogP contribution is 2.44. The fourth-order valence-electron chi connectivity index (χ4n) is 5.06. The molecule has 0 radical (unpaired) electrons. The van der Waals surface area contributed by atoms with Gasteiger partial charge in [0.25, 0.3) is 0 Å². The third kappa shape index (κ3) is 4.16. The fraction of sp³-hybridized carbons (Fsp3) is 0.208. The molecule has 3 N–H and O–H groups in total. The van der Waals surface area contributed by atoms with Crippen LogP contribution in [0.15, 0.2) is 49.1 Å². The number of ether oxygens (including phenoxy) is 1. The van der Waals surface area contributed by atoms with Gasteiger partial charge in [-0.2, -0.15) is 4.68 Å². The van der Waals surface area contributed by atoms with Gasteiger partial charge in [-0.25, -0.2) is 19.2 Å². The summed E-state index contributed by atoms with van der Waals surface area (Å²) >= 11 is 6.10. The maximum Gasteiger partial charge on any atom is 0.411 e. The number of benzene rings is 1. The lowest BCUT2D eigenvalue weighted by molar-refractivity contribution is -0.129. The minimum absolute atomic E-state index is 0.0521. The summed E-state index contributed by atoms with van der Waals surface area (Å²) in [6.07, 6.45) is 6.88. The maximum absolute atomic E-state index is 15.3. The van der Waals surface area contributed by atoms with E-state index in [1.807, 2.05) is 0 Å². The molecule has 0 bridgehead atoms. The first kappa shape index (κ1) is 23.7. The Morgan fingerprint density at radius 2 is 2.05 bits per heavy atom. The number of carbonyl (C=O) groups excluding carboxylic acids is 2. The van der Waals surface area contributed by atoms with Gasteiger partial charge in [0.05, 0.1) is 28.6 Å². The van der Waals surface area contributed by atoms with E-state index >= 15 is 4.39 Å². The zero-order chi connectivity index (χ0) is 26.4. The van der Waals surface area contributed by atoms with E-state index in [2.05, 4.69) is 30.5 Å². The van der Waals surface area contributed by atoms with E-state index in [-0.39, 0.29) is 34.5 Å². The zero-order valence-electron chi connectivity index (χ0n) is 19.6. The number of primary amides is 1. The number of hydrogen-bond donors (Lipinski definition) is 2. The first-order valence-corrected chi connectivity index (χ1v) is 12.0. The van der Waals surface area contributed by atoms with Crippen molar-refractivity contribution in [1.82, 2.24) is 40.1 Å². The van der Waals surface area contributed by atoms with Gasteiger partial charge in [0.2, 0.25) is 11.8 Å². The molecule has 1 unspecified atom stereocenters. The van der Waals surface area contributed by atoms with Crippen molar-refractivity contribution < 1.29 is 18.7 Å². The minimum Gasteiger partial charge on any atom is -0.391 e. The van der Waals surface area contributed by atoms with Crippen LogP contribution in [0, 0.1) is 5.82 Å². The number of nitrogens with zero attached hydrogens (tertiary/aromatic N) is 7. The van der Waals surface area contributed by atoms with Crippen molar-refractivity contribution in [2.75, 3.05) is 0 Å². The van der Waals surface area contributed by atoms with E-state index in [0.717, 1.165) is 0 Å². The molecule has 3 aromatic heterocycles. The number of fused-ring (bicyclic) bond motifs is 1. The summed E-state index contributed by atoms with van der Waals surface area (Å²) in [6.45, 7) is 0. The predicted molar refractivity (Wildman–Crippen MR) is 131 cm³/mol. The number of aromatic nitrogens is 7. The number of hydrogen-bond acceptors (Lipinski definition) is 8. The highest BCUT2D eigenvalue weighted by Gasteiger charge is 2.42. The molecule has 2 aliphatic heterocycles. The smallest absolute Gasteiger partial charge is 0.391 e. The van der Waals surface area contributed by atoms with Crippen LogP contribution >= 0.6 is 11.6 Å². The molecule has 38 heavy (non-hydrogen) atoms. The number of aromatic amines is 1. The average Bonchev–Trinajstić information content (AvgIpc) is 3.66. The lowest BCUT2D eigenvalue weighted by Gasteiger charge is -2.33. The summed E-state index contributed by atoms with van der Waals surface area (Å²) in [5, 5.41) is 11.1. The summed E-state index contributed by atoms with van der Waals surface area (Å²) in [6, 6.07) is 5.87. The van der Waals surface area contributed by atoms with Gasteiger partial charge in [-0.15, -0.1) is 5.10 Å². The van der Waals surface area contributed by atoms with Crippen molar-refractivity contribution in [1.29, 1.82) is 0 Å². The Balaban J connectivity index is 1.27. The highest BCUT2D eigenvalue weighted by molar-refractivity contribution is 6.31. The number of nitrogens with one attached hydrogen (secondary N) is 1. The van der Waals surface area contributed by atoms with Crippen LogP contribution in [-0.2, 0) is 4.79 Å². The maximum atomic E-state index is 15.3. The fourth-order valence-corrected chi connectivity index (χ4v) is 5.22. The van der Waals surface area contributed by atoms with Crippen LogP contribution in [0.1, 0.15) is 36.7 Å². The first-order valence-electron chi connectivity index (χ1n) is 11.6. The predicted octanol–water partition coefficient (Wildman–Crippen LogP) is 3.22. The largest absolute Gasteiger partial charge is 0.411 e. The summed E-state index contributed by atoms with van der Waals surface area (Å²) in [4.78, 5) is 37.9. The minimum atomic E-state index is -0.946. The Morgan fingerprint density at radius 1 is 1.18 bits per heavy atom. The van der Waals surface area contributed by atoms with Crippen LogP contribution in [0.5, 0.6) is 5.88 Å². The topological polar surface area (TPSA) is 158 Å². The Kier molecular flexibility index (Phi) is 5.83. The number of halogens is 2. The molecule has 5 heterocycles. The molecule has 2 aliphatic rings. The Morgan fingerprint density at radius 3 is 2.79 bits per heavy atom. The molecule has 2 amide bonds. The molecular weight excluding hydrogens is 517 g/mol. The van der Waals surface area contributed by atoms with Crippen LogP contribution in [0.4, 0.5) is 9.18 Å². The number of pyridine rings is 1. The summed E-state index contributed by atoms with van der Waals surface area (Å²) in [5.74, 6) is -0.152. The normalized spacial score (nSPS) is 18.8. The SMILES string of the molecule is NC(=O)Oc1ccc(-c2cnc([C@@H]3CCC4CC(c5c(-n6cnnn6)ccc(Cl)c5F)=CC(=O)N43)[nH]2)cn1. The van der Waals surface area contributed by atoms with Crippen LogP contribution in [0.2, 0.25) is 5.02 Å². The van der Waals surface area contributed by atoms with Crippen molar-refractivity contribution >= 4 is 29.2 Å². The second-order valence-electron chi connectivity index (χ2n) is 8.86. The molecule has 1 aromatic carbocycles. The van der Waals surface area contributed by atoms with Gasteiger partial charge in [0.15, 0.2) is 5.82 Å². The van der Waals surface area contributed by atoms with Crippen molar-refractivity contribution in [2.45, 2.75) is 31.3 Å². The number of H-pyrrole nitrogens is 1. The van der Waals surface area contributed by atoms with E-state index in [1.165, 1.54) is 35.4 Å². The van der Waals surface area contributed by atoms with Gasteiger partial charge in [-0.05, 0) is 53.5 Å². The molecule has 6 rings (SSSR count). The van der Waals surface area contributed by atoms with Gasteiger partial charge in [-0.1, -0.05) is 11.6 Å². The second-order valence-corrected chi connectivity index (χ2v) is 9.27. The van der Waals surface area contributed by atoms with Crippen LogP contribution < -0.4 is 10.5 Å². The van der Waals surface area contributed by atoms with E-state index in [9.17, 15) is 9.59 Å². The van der Waals surface area contributed by atoms with E-state index in [0.29, 0.717) is 47.6 Å².